The summed E-state index contributed by atoms with van der Waals surface area (Å²) in [5.74, 6) is -0.0736. The fourth-order valence-corrected chi connectivity index (χ4v) is 3.44. The lowest BCUT2D eigenvalue weighted by Crippen LogP contribution is -2.43. The summed E-state index contributed by atoms with van der Waals surface area (Å²) in [5.41, 5.74) is 0.00744. The van der Waals surface area contributed by atoms with E-state index in [0.717, 1.165) is 25.9 Å². The molecule has 0 aromatic heterocycles. The molecule has 1 atom stereocenters. The Morgan fingerprint density at radius 1 is 1.23 bits per heavy atom. The Labute approximate surface area is 137 Å². The quantitative estimate of drug-likeness (QED) is 0.402. The van der Waals surface area contributed by atoms with Crippen molar-refractivity contribution in [1.82, 2.24) is 0 Å². The molecule has 0 saturated heterocycles. The first kappa shape index (κ1) is 19.4. The minimum absolute atomic E-state index is 0.00744. The predicted octanol–water partition coefficient (Wildman–Crippen LogP) is 5.08. The van der Waals surface area contributed by atoms with Crippen LogP contribution in [0.5, 0.6) is 0 Å². The van der Waals surface area contributed by atoms with Gasteiger partial charge in [-0.1, -0.05) is 46.8 Å². The highest BCUT2D eigenvalue weighted by Crippen LogP contribution is 2.38. The van der Waals surface area contributed by atoms with Crippen molar-refractivity contribution in [3.8, 4) is 0 Å². The second-order valence-corrected chi connectivity index (χ2v) is 13.6. The van der Waals surface area contributed by atoms with E-state index in [1.54, 1.807) is 0 Å². The molecule has 0 saturated carbocycles. The van der Waals surface area contributed by atoms with E-state index in [1.165, 1.54) is 0 Å². The zero-order valence-corrected chi connectivity index (χ0v) is 16.5. The fraction of sp³-hybridized carbons (Fsp3) is 0.833. The van der Waals surface area contributed by atoms with Crippen molar-refractivity contribution < 1.29 is 14.0 Å². The Bertz CT molecular complexity index is 405. The number of hydrogen-bond donors (Lipinski definition) is 0. The Morgan fingerprint density at radius 2 is 1.86 bits per heavy atom. The lowest BCUT2D eigenvalue weighted by atomic mass is 9.86. The molecule has 0 N–H and O–H groups in total. The molecule has 1 rings (SSSR count). The van der Waals surface area contributed by atoms with Crippen LogP contribution in [0, 0.1) is 5.41 Å². The fourth-order valence-electron chi connectivity index (χ4n) is 2.25. The number of ether oxygens (including phenoxy) is 1. The van der Waals surface area contributed by atoms with Crippen molar-refractivity contribution >= 4 is 14.3 Å². The molecule has 128 valence electrons. The average molecular weight is 327 g/mol. The molecule has 0 bridgehead atoms. The van der Waals surface area contributed by atoms with Gasteiger partial charge in [0.2, 0.25) is 0 Å². The van der Waals surface area contributed by atoms with Crippen molar-refractivity contribution in [3.05, 3.63) is 12.2 Å². The lowest BCUT2D eigenvalue weighted by Gasteiger charge is -2.39. The van der Waals surface area contributed by atoms with Gasteiger partial charge in [-0.3, -0.25) is 4.79 Å². The molecule has 1 aliphatic heterocycles. The number of hydrogen-bond acceptors (Lipinski definition) is 3. The van der Waals surface area contributed by atoms with E-state index < -0.39 is 8.32 Å². The maximum Gasteiger partial charge on any atom is 0.306 e. The molecule has 0 fully saturated rings. The molecule has 1 heterocycles. The van der Waals surface area contributed by atoms with Gasteiger partial charge in [-0.05, 0) is 36.4 Å². The first-order valence-corrected chi connectivity index (χ1v) is 11.3. The normalized spacial score (nSPS) is 22.7. The van der Waals surface area contributed by atoms with Gasteiger partial charge < -0.3 is 9.16 Å². The number of rotatable bonds is 5. The predicted molar refractivity (Wildman–Crippen MR) is 94.4 cm³/mol. The second kappa shape index (κ2) is 7.31. The lowest BCUT2D eigenvalue weighted by molar-refractivity contribution is -0.150. The van der Waals surface area contributed by atoms with Crippen LogP contribution in [0.4, 0.5) is 0 Å². The summed E-state index contributed by atoms with van der Waals surface area (Å²) >= 11 is 0. The van der Waals surface area contributed by atoms with Gasteiger partial charge >= 0.3 is 5.97 Å². The molecular weight excluding hydrogens is 292 g/mol. The largest absolute Gasteiger partial charge is 0.462 e. The molecule has 0 aromatic rings. The SMILES string of the molecule is CC(C)(CO[Si](C)(C)C(C)(C)C)CC1C/C=C\CCC(=O)O1. The van der Waals surface area contributed by atoms with Crippen molar-refractivity contribution in [1.29, 1.82) is 0 Å². The summed E-state index contributed by atoms with van der Waals surface area (Å²) in [6.07, 6.45) is 7.15. The van der Waals surface area contributed by atoms with E-state index >= 15 is 0 Å². The van der Waals surface area contributed by atoms with Gasteiger partial charge in [0.25, 0.3) is 0 Å². The summed E-state index contributed by atoms with van der Waals surface area (Å²) in [4.78, 5) is 11.7. The van der Waals surface area contributed by atoms with Crippen LogP contribution in [-0.4, -0.2) is 27.0 Å². The van der Waals surface area contributed by atoms with Gasteiger partial charge in [0, 0.05) is 19.4 Å². The highest BCUT2D eigenvalue weighted by molar-refractivity contribution is 6.74. The first-order valence-electron chi connectivity index (χ1n) is 8.41. The summed E-state index contributed by atoms with van der Waals surface area (Å²) in [6, 6.07) is 0. The molecule has 1 unspecified atom stereocenters. The van der Waals surface area contributed by atoms with Crippen molar-refractivity contribution in [3.63, 3.8) is 0 Å². The van der Waals surface area contributed by atoms with Crippen LogP contribution in [0.15, 0.2) is 12.2 Å². The molecule has 0 amide bonds. The molecule has 22 heavy (non-hydrogen) atoms. The number of carbonyl (C=O) groups excluding carboxylic acids is 1. The Hall–Kier alpha value is -0.613. The Morgan fingerprint density at radius 3 is 2.45 bits per heavy atom. The van der Waals surface area contributed by atoms with Gasteiger partial charge in [-0.2, -0.15) is 0 Å². The number of allylic oxidation sites excluding steroid dienone is 1. The van der Waals surface area contributed by atoms with Crippen LogP contribution >= 0.6 is 0 Å². The minimum Gasteiger partial charge on any atom is -0.462 e. The monoisotopic (exact) mass is 326 g/mol. The third kappa shape index (κ3) is 6.25. The molecule has 3 nitrogen and oxygen atoms in total. The topological polar surface area (TPSA) is 35.5 Å². The summed E-state index contributed by atoms with van der Waals surface area (Å²) in [7, 11) is -1.73. The van der Waals surface area contributed by atoms with Crippen LogP contribution in [0.25, 0.3) is 0 Å². The molecule has 0 radical (unpaired) electrons. The third-order valence-electron chi connectivity index (χ3n) is 4.79. The van der Waals surface area contributed by atoms with E-state index in [2.05, 4.69) is 59.9 Å². The van der Waals surface area contributed by atoms with E-state index in [-0.39, 0.29) is 22.5 Å². The van der Waals surface area contributed by atoms with Crippen LogP contribution in [0.1, 0.15) is 60.3 Å². The van der Waals surface area contributed by atoms with E-state index in [1.807, 2.05) is 0 Å². The molecule has 4 heteroatoms. The van der Waals surface area contributed by atoms with E-state index in [4.69, 9.17) is 9.16 Å². The van der Waals surface area contributed by atoms with Crippen LogP contribution in [0.3, 0.4) is 0 Å². The molecule has 0 spiro atoms. The van der Waals surface area contributed by atoms with Crippen LogP contribution in [-0.2, 0) is 14.0 Å². The standard InChI is InChI=1S/C18H34O3Si/c1-17(2,3)22(6,7)20-14-18(4,5)13-15-11-9-8-10-12-16(19)21-15/h8-9,15H,10-14H2,1-7H3/b9-8-. The maximum absolute atomic E-state index is 11.7. The van der Waals surface area contributed by atoms with Gasteiger partial charge in [-0.25, -0.2) is 0 Å². The number of cyclic esters (lactones) is 1. The number of carbonyl (C=O) groups is 1. The van der Waals surface area contributed by atoms with Crippen molar-refractivity contribution in [2.24, 2.45) is 5.41 Å². The molecule has 1 aliphatic rings. The van der Waals surface area contributed by atoms with Gasteiger partial charge in [0.15, 0.2) is 8.32 Å². The minimum atomic E-state index is -1.73. The second-order valence-electron chi connectivity index (χ2n) is 8.77. The summed E-state index contributed by atoms with van der Waals surface area (Å²) < 4.78 is 12.0. The van der Waals surface area contributed by atoms with Gasteiger partial charge in [0.1, 0.15) is 6.10 Å². The highest BCUT2D eigenvalue weighted by Gasteiger charge is 2.39. The van der Waals surface area contributed by atoms with Gasteiger partial charge in [0.05, 0.1) is 0 Å². The molecule has 0 aliphatic carbocycles. The zero-order chi connectivity index (χ0) is 17.0. The maximum atomic E-state index is 11.7. The number of esters is 1. The van der Waals surface area contributed by atoms with E-state index in [0.29, 0.717) is 6.42 Å². The Balaban J connectivity index is 2.60. The van der Waals surface area contributed by atoms with Crippen LogP contribution < -0.4 is 0 Å². The highest BCUT2D eigenvalue weighted by atomic mass is 28.4. The van der Waals surface area contributed by atoms with E-state index in [9.17, 15) is 4.79 Å². The molecular formula is C18H34O3Si. The first-order chi connectivity index (χ1) is 9.93. The van der Waals surface area contributed by atoms with Crippen LogP contribution in [0.2, 0.25) is 18.1 Å². The third-order valence-corrected chi connectivity index (χ3v) is 9.27. The molecule has 0 aromatic carbocycles. The van der Waals surface area contributed by atoms with Crippen molar-refractivity contribution in [2.75, 3.05) is 6.61 Å². The van der Waals surface area contributed by atoms with Crippen molar-refractivity contribution in [2.45, 2.75) is 84.5 Å². The smallest absolute Gasteiger partial charge is 0.306 e. The summed E-state index contributed by atoms with van der Waals surface area (Å²) in [6.45, 7) is 16.5. The van der Waals surface area contributed by atoms with Gasteiger partial charge in [-0.15, -0.1) is 0 Å². The average Bonchev–Trinajstić information content (AvgIpc) is 2.31. The zero-order valence-electron chi connectivity index (χ0n) is 15.5. The summed E-state index contributed by atoms with van der Waals surface area (Å²) in [5, 5.41) is 0.221. The Kier molecular flexibility index (Phi) is 6.45.